The van der Waals surface area contributed by atoms with Crippen LogP contribution in [0.25, 0.3) is 11.3 Å². The van der Waals surface area contributed by atoms with Crippen molar-refractivity contribution >= 4 is 35.9 Å². The van der Waals surface area contributed by atoms with E-state index in [0.29, 0.717) is 57.7 Å². The summed E-state index contributed by atoms with van der Waals surface area (Å²) in [4.78, 5) is 87.2. The van der Waals surface area contributed by atoms with Gasteiger partial charge in [-0.3, -0.25) is 24.1 Å². The Kier molecular flexibility index (Phi) is 16.7. The molecule has 0 aliphatic carbocycles. The van der Waals surface area contributed by atoms with Crippen molar-refractivity contribution in [3.63, 3.8) is 0 Å². The molecule has 4 heterocycles. The van der Waals surface area contributed by atoms with Crippen LogP contribution in [0.15, 0.2) is 66.9 Å². The molecule has 4 unspecified atom stereocenters. The molecule has 2 saturated heterocycles. The highest BCUT2D eigenvalue weighted by molar-refractivity contribution is 6.12. The number of carbonyl (C=O) groups is 6. The second-order valence-corrected chi connectivity index (χ2v) is 18.0. The number of nitrogens with one attached hydrogen (secondary N) is 1. The Morgan fingerprint density at radius 1 is 0.955 bits per heavy atom. The van der Waals surface area contributed by atoms with Crippen molar-refractivity contribution in [2.45, 2.75) is 104 Å². The summed E-state index contributed by atoms with van der Waals surface area (Å²) >= 11 is 0. The number of esters is 1. The fourth-order valence-electron chi connectivity index (χ4n) is 8.55. The number of hydrogen-bond donors (Lipinski definition) is 1. The monoisotopic (exact) mass is 918 g/mol. The van der Waals surface area contributed by atoms with Crippen molar-refractivity contribution in [3.8, 4) is 11.3 Å². The molecule has 1 aromatic heterocycles. The molecule has 4 atom stereocenters. The maximum atomic E-state index is 15.5. The van der Waals surface area contributed by atoms with Crippen LogP contribution in [0, 0.1) is 23.5 Å². The molecule has 0 spiro atoms. The van der Waals surface area contributed by atoms with E-state index >= 15 is 4.39 Å². The minimum Gasteiger partial charge on any atom is -0.453 e. The van der Waals surface area contributed by atoms with Crippen LogP contribution in [0.5, 0.6) is 0 Å². The summed E-state index contributed by atoms with van der Waals surface area (Å²) in [7, 11) is 0. The van der Waals surface area contributed by atoms with E-state index < -0.39 is 65.5 Å². The number of halogens is 2. The molecule has 2 fully saturated rings. The lowest BCUT2D eigenvalue weighted by Crippen LogP contribution is -2.50. The minimum atomic E-state index is -1.28. The predicted octanol–water partition coefficient (Wildman–Crippen LogP) is 6.57. The largest absolute Gasteiger partial charge is 0.453 e. The smallest absolute Gasteiger partial charge is 0.410 e. The summed E-state index contributed by atoms with van der Waals surface area (Å²) in [5.41, 5.74) is 0.0919. The number of imide groups is 1. The van der Waals surface area contributed by atoms with E-state index in [2.05, 4.69) is 5.32 Å². The Bertz CT molecular complexity index is 2220. The fourth-order valence-corrected chi connectivity index (χ4v) is 8.55. The van der Waals surface area contributed by atoms with E-state index in [0.717, 1.165) is 30.2 Å². The molecule has 3 aliphatic rings. The van der Waals surface area contributed by atoms with E-state index in [4.69, 9.17) is 23.9 Å². The fraction of sp³-hybridized carbons (Fsp3) is 0.521. The Morgan fingerprint density at radius 3 is 2.33 bits per heavy atom. The third-order valence-electron chi connectivity index (χ3n) is 11.7. The molecule has 356 valence electrons. The summed E-state index contributed by atoms with van der Waals surface area (Å²) in [5, 5.41) is 2.79. The molecule has 5 amide bonds. The van der Waals surface area contributed by atoms with Gasteiger partial charge in [0.15, 0.2) is 6.10 Å². The quantitative estimate of drug-likeness (QED) is 0.0632. The Hall–Kier alpha value is -6.17. The molecular formula is C48H60F2N6O10. The van der Waals surface area contributed by atoms with Crippen molar-refractivity contribution in [2.75, 3.05) is 45.9 Å². The Balaban J connectivity index is 1.31. The molecule has 0 bridgehead atoms. The van der Waals surface area contributed by atoms with E-state index in [1.807, 2.05) is 34.9 Å². The van der Waals surface area contributed by atoms with Crippen LogP contribution in [0.1, 0.15) is 90.6 Å². The Labute approximate surface area is 383 Å². The maximum Gasteiger partial charge on any atom is 0.410 e. The van der Waals surface area contributed by atoms with Gasteiger partial charge in [0.25, 0.3) is 17.7 Å². The lowest BCUT2D eigenvalue weighted by atomic mass is 9.88. The molecule has 3 aliphatic heterocycles. The molecule has 0 radical (unpaired) electrons. The number of amides is 5. The number of rotatable bonds is 18. The highest BCUT2D eigenvalue weighted by Crippen LogP contribution is 2.39. The molecule has 2 aromatic carbocycles. The number of likely N-dealkylation sites (tertiary alicyclic amines) is 1. The number of hydrogen-bond acceptors (Lipinski definition) is 11. The van der Waals surface area contributed by atoms with Crippen LogP contribution in [-0.2, 0) is 44.7 Å². The third kappa shape index (κ3) is 13.2. The summed E-state index contributed by atoms with van der Waals surface area (Å²) < 4.78 is 55.0. The summed E-state index contributed by atoms with van der Waals surface area (Å²) in [6, 6.07) is 11.7. The van der Waals surface area contributed by atoms with Gasteiger partial charge in [-0.25, -0.2) is 23.4 Å². The van der Waals surface area contributed by atoms with Gasteiger partial charge >= 0.3 is 18.2 Å². The van der Waals surface area contributed by atoms with Gasteiger partial charge < -0.3 is 38.6 Å². The number of unbranched alkanes of at least 4 members (excludes halogenated alkanes) is 3. The van der Waals surface area contributed by atoms with Gasteiger partial charge in [-0.1, -0.05) is 43.2 Å². The van der Waals surface area contributed by atoms with Crippen molar-refractivity contribution in [1.29, 1.82) is 0 Å². The van der Waals surface area contributed by atoms with Gasteiger partial charge in [-0.05, 0) is 83.1 Å². The lowest BCUT2D eigenvalue weighted by Gasteiger charge is -2.41. The zero-order valence-electron chi connectivity index (χ0n) is 38.2. The van der Waals surface area contributed by atoms with Crippen LogP contribution in [0.4, 0.5) is 18.4 Å². The summed E-state index contributed by atoms with van der Waals surface area (Å²) in [6.07, 6.45) is 4.16. The molecule has 0 saturated carbocycles. The molecule has 18 heteroatoms. The molecule has 1 N–H and O–H groups in total. The SMILES string of the molecule is CC(=O)OC(C)C(=O)N(CC1CN(C(=O)OC(C)(C)C)CC1OC(=O)NCCCCCCN1C(=O)C=CC1=O)C(c1nc(-c2cc(F)ccc2F)cn1Cc1ccccc1)C1CCOCC1. The van der Waals surface area contributed by atoms with Crippen LogP contribution in [0.2, 0.25) is 0 Å². The van der Waals surface area contributed by atoms with Crippen molar-refractivity contribution in [1.82, 2.24) is 29.6 Å². The van der Waals surface area contributed by atoms with Crippen LogP contribution >= 0.6 is 0 Å². The van der Waals surface area contributed by atoms with Crippen molar-refractivity contribution in [3.05, 3.63) is 89.9 Å². The average Bonchev–Trinajstić information content (AvgIpc) is 3.96. The second-order valence-electron chi connectivity index (χ2n) is 18.0. The van der Waals surface area contributed by atoms with Crippen molar-refractivity contribution < 1.29 is 56.5 Å². The number of carbonyl (C=O) groups excluding carboxylic acids is 6. The summed E-state index contributed by atoms with van der Waals surface area (Å²) in [6.45, 7) is 9.30. The number of benzene rings is 2. The lowest BCUT2D eigenvalue weighted by molar-refractivity contribution is -0.160. The maximum absolute atomic E-state index is 15.5. The molecule has 3 aromatic rings. The van der Waals surface area contributed by atoms with Crippen LogP contribution in [0.3, 0.4) is 0 Å². The van der Waals surface area contributed by atoms with Gasteiger partial charge in [0.05, 0.1) is 18.3 Å². The molecular weight excluding hydrogens is 859 g/mol. The number of ether oxygens (including phenoxy) is 4. The highest BCUT2D eigenvalue weighted by atomic mass is 19.1. The first-order valence-electron chi connectivity index (χ1n) is 22.5. The summed E-state index contributed by atoms with van der Waals surface area (Å²) in [5.74, 6) is -3.90. The van der Waals surface area contributed by atoms with Crippen LogP contribution in [-0.4, -0.2) is 124 Å². The van der Waals surface area contributed by atoms with E-state index in [9.17, 15) is 33.2 Å². The minimum absolute atomic E-state index is 0.0227. The predicted molar refractivity (Wildman–Crippen MR) is 236 cm³/mol. The van der Waals surface area contributed by atoms with Gasteiger partial charge in [-0.2, -0.15) is 0 Å². The molecule has 16 nitrogen and oxygen atoms in total. The van der Waals surface area contributed by atoms with E-state index in [-0.39, 0.29) is 61.7 Å². The van der Waals surface area contributed by atoms with Crippen molar-refractivity contribution in [2.24, 2.45) is 11.8 Å². The topological polar surface area (TPSA) is 179 Å². The Morgan fingerprint density at radius 2 is 1.65 bits per heavy atom. The molecule has 6 rings (SSSR count). The number of imidazole rings is 1. The zero-order chi connectivity index (χ0) is 47.5. The number of nitrogens with zero attached hydrogens (tertiary/aromatic N) is 5. The van der Waals surface area contributed by atoms with E-state index in [1.54, 1.807) is 31.9 Å². The first-order valence-corrected chi connectivity index (χ1v) is 22.5. The normalized spacial score (nSPS) is 18.6. The number of alkyl carbamates (subject to hydrolysis) is 1. The second kappa shape index (κ2) is 22.3. The van der Waals surface area contributed by atoms with Gasteiger partial charge in [0.2, 0.25) is 0 Å². The highest BCUT2D eigenvalue weighted by Gasteiger charge is 2.45. The first kappa shape index (κ1) is 49.3. The average molecular weight is 919 g/mol. The van der Waals surface area contributed by atoms with Crippen LogP contribution < -0.4 is 5.32 Å². The van der Waals surface area contributed by atoms with Gasteiger partial charge in [-0.15, -0.1) is 0 Å². The van der Waals surface area contributed by atoms with Gasteiger partial charge in [0.1, 0.15) is 29.2 Å². The van der Waals surface area contributed by atoms with E-state index in [1.165, 1.54) is 35.8 Å². The third-order valence-corrected chi connectivity index (χ3v) is 11.7. The van der Waals surface area contributed by atoms with Gasteiger partial charge in [0, 0.05) is 82.7 Å². The molecule has 66 heavy (non-hydrogen) atoms. The standard InChI is InChI=1S/C48H60F2N6O10/c1-31(64-32(2)57)45(60)56(43(34-19-23-63-24-20-34)44-52-39(37-25-36(49)15-16-38(37)50)29-53(44)26-33-13-9-8-10-14-33)28-35-27-54(47(62)66-48(3,4)5)30-40(35)65-46(61)51-21-11-6-7-12-22-55-41(58)17-18-42(55)59/h8-10,13-18,25,29,31,34-35,40,43H,6-7,11-12,19-24,26-28,30H2,1-5H3,(H,51,61). The number of aromatic nitrogens is 2. The first-order chi connectivity index (χ1) is 31.5. The zero-order valence-corrected chi connectivity index (χ0v) is 38.2.